The van der Waals surface area contributed by atoms with Gasteiger partial charge in [0.05, 0.1) is 0 Å². The molecule has 0 saturated heterocycles. The predicted molar refractivity (Wildman–Crippen MR) is 51.9 cm³/mol. The quantitative estimate of drug-likeness (QED) is 0.726. The largest absolute Gasteiger partial charge is 0.371 e. The van der Waals surface area contributed by atoms with Crippen LogP contribution >= 0.6 is 34.8 Å². The van der Waals surface area contributed by atoms with Gasteiger partial charge in [0.25, 0.3) is 0 Å². The van der Waals surface area contributed by atoms with E-state index in [9.17, 15) is 5.11 Å². The first-order chi connectivity index (χ1) is 5.41. The van der Waals surface area contributed by atoms with Crippen LogP contribution in [0.25, 0.3) is 0 Å². The minimum absolute atomic E-state index is 0.402. The van der Waals surface area contributed by atoms with Crippen LogP contribution in [0.2, 0.25) is 10.0 Å². The van der Waals surface area contributed by atoms with Gasteiger partial charge in [0.15, 0.2) is 5.06 Å². The van der Waals surface area contributed by atoms with Crippen molar-refractivity contribution in [1.82, 2.24) is 0 Å². The van der Waals surface area contributed by atoms with Crippen LogP contribution in [0.3, 0.4) is 0 Å². The first-order valence-electron chi connectivity index (χ1n) is 3.28. The Morgan fingerprint density at radius 2 is 1.92 bits per heavy atom. The van der Waals surface area contributed by atoms with Gasteiger partial charge in [-0.3, -0.25) is 0 Å². The lowest BCUT2D eigenvalue weighted by Crippen LogP contribution is -2.12. The van der Waals surface area contributed by atoms with Gasteiger partial charge in [-0.1, -0.05) is 34.8 Å². The number of hydrogen-bond donors (Lipinski definition) is 1. The van der Waals surface area contributed by atoms with Crippen LogP contribution in [0.4, 0.5) is 0 Å². The molecule has 0 radical (unpaired) electrons. The van der Waals surface area contributed by atoms with Crippen molar-refractivity contribution in [3.8, 4) is 0 Å². The Kier molecular flexibility index (Phi) is 2.89. The van der Waals surface area contributed by atoms with Crippen LogP contribution in [-0.2, 0) is 5.06 Å². The Labute approximate surface area is 85.9 Å². The summed E-state index contributed by atoms with van der Waals surface area (Å²) in [6.45, 7) is 1.44. The molecule has 12 heavy (non-hydrogen) atoms. The molecule has 66 valence electrons. The highest BCUT2D eigenvalue weighted by atomic mass is 35.5. The summed E-state index contributed by atoms with van der Waals surface area (Å²) >= 11 is 17.1. The Hall–Kier alpha value is 0.0500. The normalized spacial score (nSPS) is 15.8. The number of halogens is 3. The molecule has 0 saturated carbocycles. The summed E-state index contributed by atoms with van der Waals surface area (Å²) in [5.41, 5.74) is 0.415. The fourth-order valence-corrected chi connectivity index (χ4v) is 1.53. The predicted octanol–water partition coefficient (Wildman–Crippen LogP) is 3.40. The molecule has 1 rings (SSSR count). The van der Waals surface area contributed by atoms with Gasteiger partial charge in [-0.05, 0) is 25.1 Å². The van der Waals surface area contributed by atoms with Crippen LogP contribution < -0.4 is 0 Å². The van der Waals surface area contributed by atoms with Gasteiger partial charge in [-0.25, -0.2) is 0 Å². The highest BCUT2D eigenvalue weighted by Gasteiger charge is 2.22. The van der Waals surface area contributed by atoms with Gasteiger partial charge in [-0.2, -0.15) is 0 Å². The maximum Gasteiger partial charge on any atom is 0.162 e. The summed E-state index contributed by atoms with van der Waals surface area (Å²) in [7, 11) is 0. The Bertz CT molecular complexity index is 291. The molecule has 1 unspecified atom stereocenters. The summed E-state index contributed by atoms with van der Waals surface area (Å²) < 4.78 is 0. The maximum absolute atomic E-state index is 9.42. The number of alkyl halides is 1. The van der Waals surface area contributed by atoms with E-state index in [-0.39, 0.29) is 0 Å². The minimum Gasteiger partial charge on any atom is -0.371 e. The highest BCUT2D eigenvalue weighted by Crippen LogP contribution is 2.32. The number of benzene rings is 1. The van der Waals surface area contributed by atoms with E-state index in [1.54, 1.807) is 12.1 Å². The lowest BCUT2D eigenvalue weighted by Gasteiger charge is -2.16. The van der Waals surface area contributed by atoms with Crippen LogP contribution in [0.5, 0.6) is 0 Å². The van der Waals surface area contributed by atoms with Gasteiger partial charge in [-0.15, -0.1) is 0 Å². The molecule has 0 spiro atoms. The lowest BCUT2D eigenvalue weighted by atomic mass is 10.1. The van der Waals surface area contributed by atoms with E-state index in [1.165, 1.54) is 13.0 Å². The third-order valence-electron chi connectivity index (χ3n) is 1.42. The molecule has 1 atom stereocenters. The summed E-state index contributed by atoms with van der Waals surface area (Å²) in [5, 5.41) is 8.84. The average molecular weight is 226 g/mol. The van der Waals surface area contributed by atoms with Gasteiger partial charge < -0.3 is 5.11 Å². The summed E-state index contributed by atoms with van der Waals surface area (Å²) in [6, 6.07) is 4.77. The molecule has 1 N–H and O–H groups in total. The van der Waals surface area contributed by atoms with Crippen molar-refractivity contribution in [2.75, 3.05) is 0 Å². The van der Waals surface area contributed by atoms with Crippen LogP contribution in [0.1, 0.15) is 12.5 Å². The fourth-order valence-electron chi connectivity index (χ4n) is 0.847. The second-order valence-electron chi connectivity index (χ2n) is 2.58. The second kappa shape index (κ2) is 3.43. The van der Waals surface area contributed by atoms with Gasteiger partial charge in [0.1, 0.15) is 0 Å². The third-order valence-corrected chi connectivity index (χ3v) is 2.19. The molecular formula is C8H7Cl3O. The molecule has 0 fully saturated rings. The zero-order valence-corrected chi connectivity index (χ0v) is 8.58. The molecule has 0 heterocycles. The minimum atomic E-state index is -1.47. The lowest BCUT2D eigenvalue weighted by molar-refractivity contribution is 0.150. The molecule has 1 aromatic carbocycles. The SMILES string of the molecule is CC(O)(Cl)c1cc(Cl)ccc1Cl. The van der Waals surface area contributed by atoms with E-state index in [2.05, 4.69) is 0 Å². The fraction of sp³-hybridized carbons (Fsp3) is 0.250. The zero-order valence-electron chi connectivity index (χ0n) is 6.31. The van der Waals surface area contributed by atoms with Gasteiger partial charge in [0, 0.05) is 15.6 Å². The van der Waals surface area contributed by atoms with Crippen molar-refractivity contribution in [3.05, 3.63) is 33.8 Å². The highest BCUT2D eigenvalue weighted by molar-refractivity contribution is 6.35. The Morgan fingerprint density at radius 1 is 1.33 bits per heavy atom. The van der Waals surface area contributed by atoms with E-state index in [0.29, 0.717) is 15.6 Å². The zero-order chi connectivity index (χ0) is 9.35. The van der Waals surface area contributed by atoms with Crippen molar-refractivity contribution in [2.24, 2.45) is 0 Å². The van der Waals surface area contributed by atoms with E-state index >= 15 is 0 Å². The van der Waals surface area contributed by atoms with Gasteiger partial charge in [0.2, 0.25) is 0 Å². The maximum atomic E-state index is 9.42. The summed E-state index contributed by atoms with van der Waals surface area (Å²) in [5.74, 6) is 0. The smallest absolute Gasteiger partial charge is 0.162 e. The topological polar surface area (TPSA) is 20.2 Å². The molecule has 0 aliphatic carbocycles. The van der Waals surface area contributed by atoms with Crippen molar-refractivity contribution >= 4 is 34.8 Å². The number of rotatable bonds is 1. The van der Waals surface area contributed by atoms with Crippen LogP contribution in [0, 0.1) is 0 Å². The monoisotopic (exact) mass is 224 g/mol. The first-order valence-corrected chi connectivity index (χ1v) is 4.41. The molecule has 4 heteroatoms. The molecule has 0 aromatic heterocycles. The van der Waals surface area contributed by atoms with E-state index < -0.39 is 5.06 Å². The Morgan fingerprint density at radius 3 is 2.33 bits per heavy atom. The molecule has 1 aromatic rings. The van der Waals surface area contributed by atoms with Crippen LogP contribution in [-0.4, -0.2) is 5.11 Å². The Balaban J connectivity index is 3.23. The molecular weight excluding hydrogens is 218 g/mol. The first kappa shape index (κ1) is 10.1. The van der Waals surface area contributed by atoms with Crippen molar-refractivity contribution in [1.29, 1.82) is 0 Å². The standard InChI is InChI=1S/C8H7Cl3O/c1-8(11,12)6-4-5(9)2-3-7(6)10/h2-4,12H,1H3. The summed E-state index contributed by atoms with van der Waals surface area (Å²) in [4.78, 5) is 0. The molecule has 0 aliphatic rings. The van der Waals surface area contributed by atoms with E-state index in [4.69, 9.17) is 34.8 Å². The van der Waals surface area contributed by atoms with E-state index in [0.717, 1.165) is 0 Å². The molecule has 1 nitrogen and oxygen atoms in total. The van der Waals surface area contributed by atoms with Crippen molar-refractivity contribution < 1.29 is 5.11 Å². The van der Waals surface area contributed by atoms with Crippen molar-refractivity contribution in [3.63, 3.8) is 0 Å². The third kappa shape index (κ3) is 2.27. The van der Waals surface area contributed by atoms with Crippen LogP contribution in [0.15, 0.2) is 18.2 Å². The average Bonchev–Trinajstić information content (AvgIpc) is 1.92. The van der Waals surface area contributed by atoms with Gasteiger partial charge >= 0.3 is 0 Å². The molecule has 0 aliphatic heterocycles. The van der Waals surface area contributed by atoms with E-state index in [1.807, 2.05) is 0 Å². The number of aliphatic hydroxyl groups is 1. The second-order valence-corrected chi connectivity index (χ2v) is 4.16. The molecule has 0 amide bonds. The van der Waals surface area contributed by atoms with Crippen molar-refractivity contribution in [2.45, 2.75) is 12.0 Å². The summed E-state index contributed by atoms with van der Waals surface area (Å²) in [6.07, 6.45) is 0. The molecule has 0 bridgehead atoms. The number of hydrogen-bond acceptors (Lipinski definition) is 1.